The average Bonchev–Trinajstić information content (AvgIpc) is 2.74. The van der Waals surface area contributed by atoms with Gasteiger partial charge in [0.1, 0.15) is 0 Å². The zero-order valence-corrected chi connectivity index (χ0v) is 14.3. The maximum Gasteiger partial charge on any atom is 0.416 e. The van der Waals surface area contributed by atoms with Gasteiger partial charge in [-0.1, -0.05) is 12.1 Å². The zero-order chi connectivity index (χ0) is 19.6. The molecule has 28 heavy (non-hydrogen) atoms. The summed E-state index contributed by atoms with van der Waals surface area (Å²) in [7, 11) is 0. The van der Waals surface area contributed by atoms with Crippen LogP contribution < -0.4 is 0 Å². The first-order valence-corrected chi connectivity index (χ1v) is 8.24. The largest absolute Gasteiger partial charge is 0.416 e. The van der Waals surface area contributed by atoms with Gasteiger partial charge in [-0.3, -0.25) is 15.0 Å². The Morgan fingerprint density at radius 2 is 1.43 bits per heavy atom. The van der Waals surface area contributed by atoms with Gasteiger partial charge in [0, 0.05) is 47.7 Å². The van der Waals surface area contributed by atoms with Gasteiger partial charge in [0.05, 0.1) is 23.1 Å². The maximum absolute atomic E-state index is 12.9. The summed E-state index contributed by atoms with van der Waals surface area (Å²) in [5.74, 6) is 0.435. The molecule has 3 heterocycles. The summed E-state index contributed by atoms with van der Waals surface area (Å²) < 4.78 is 38.7. The van der Waals surface area contributed by atoms with E-state index in [1.165, 1.54) is 24.5 Å². The van der Waals surface area contributed by atoms with E-state index in [0.29, 0.717) is 28.3 Å². The van der Waals surface area contributed by atoms with E-state index in [4.69, 9.17) is 0 Å². The van der Waals surface area contributed by atoms with E-state index in [-0.39, 0.29) is 0 Å². The van der Waals surface area contributed by atoms with Crippen molar-refractivity contribution in [1.29, 1.82) is 0 Å². The quantitative estimate of drug-likeness (QED) is 0.517. The molecule has 0 saturated heterocycles. The number of benzene rings is 1. The molecule has 0 saturated carbocycles. The molecule has 0 amide bonds. The summed E-state index contributed by atoms with van der Waals surface area (Å²) in [4.78, 5) is 21.3. The number of halogens is 3. The van der Waals surface area contributed by atoms with Gasteiger partial charge in [-0.25, -0.2) is 9.97 Å². The van der Waals surface area contributed by atoms with Crippen LogP contribution in [0.5, 0.6) is 0 Å². The topological polar surface area (TPSA) is 64.5 Å². The highest BCUT2D eigenvalue weighted by molar-refractivity contribution is 5.79. The monoisotopic (exact) mass is 379 g/mol. The third-order valence-corrected chi connectivity index (χ3v) is 4.05. The number of rotatable bonds is 3. The van der Waals surface area contributed by atoms with Crippen molar-refractivity contribution in [2.45, 2.75) is 6.18 Å². The molecule has 0 radical (unpaired) electrons. The van der Waals surface area contributed by atoms with Crippen LogP contribution in [0.4, 0.5) is 13.2 Å². The van der Waals surface area contributed by atoms with Crippen LogP contribution in [0.3, 0.4) is 0 Å². The molecule has 0 fully saturated rings. The minimum Gasteiger partial charge on any atom is -0.265 e. The third kappa shape index (κ3) is 3.57. The van der Waals surface area contributed by atoms with Crippen molar-refractivity contribution < 1.29 is 13.2 Å². The smallest absolute Gasteiger partial charge is 0.265 e. The second-order valence-corrected chi connectivity index (χ2v) is 5.86. The Hall–Kier alpha value is -3.68. The highest BCUT2D eigenvalue weighted by Crippen LogP contribution is 2.34. The Kier molecular flexibility index (Phi) is 4.52. The van der Waals surface area contributed by atoms with Crippen molar-refractivity contribution in [1.82, 2.24) is 24.9 Å². The Bertz CT molecular complexity index is 1080. The van der Waals surface area contributed by atoms with Gasteiger partial charge in [-0.15, -0.1) is 0 Å². The third-order valence-electron chi connectivity index (χ3n) is 4.05. The number of hydrogen-bond donors (Lipinski definition) is 0. The molecule has 0 bridgehead atoms. The van der Waals surface area contributed by atoms with Crippen molar-refractivity contribution in [3.8, 4) is 33.9 Å². The van der Waals surface area contributed by atoms with Crippen LogP contribution in [-0.2, 0) is 6.18 Å². The van der Waals surface area contributed by atoms with E-state index in [9.17, 15) is 13.2 Å². The number of aromatic nitrogens is 5. The van der Waals surface area contributed by atoms with E-state index >= 15 is 0 Å². The standard InChI is InChI=1S/C20H12F3N5/c21-20(22,23)15-3-1-13(2-4-15)18-16(17-12-25-9-10-26-17)11-27-19(28-18)14-5-7-24-8-6-14/h1-12H. The van der Waals surface area contributed by atoms with E-state index in [0.717, 1.165) is 17.7 Å². The van der Waals surface area contributed by atoms with Gasteiger partial charge in [0.15, 0.2) is 5.82 Å². The van der Waals surface area contributed by atoms with Crippen molar-refractivity contribution in [3.05, 3.63) is 79.1 Å². The Morgan fingerprint density at radius 3 is 2.07 bits per heavy atom. The Labute approximate surface area is 158 Å². The van der Waals surface area contributed by atoms with E-state index in [1.807, 2.05) is 0 Å². The Balaban J connectivity index is 1.87. The fraction of sp³-hybridized carbons (Fsp3) is 0.0500. The second-order valence-electron chi connectivity index (χ2n) is 5.86. The van der Waals surface area contributed by atoms with E-state index in [1.54, 1.807) is 36.9 Å². The first-order valence-electron chi connectivity index (χ1n) is 8.24. The lowest BCUT2D eigenvalue weighted by Gasteiger charge is -2.12. The fourth-order valence-electron chi connectivity index (χ4n) is 2.68. The molecule has 0 N–H and O–H groups in total. The van der Waals surface area contributed by atoms with Gasteiger partial charge in [-0.05, 0) is 24.3 Å². The van der Waals surface area contributed by atoms with Gasteiger partial charge in [0.25, 0.3) is 0 Å². The first-order chi connectivity index (χ1) is 13.5. The van der Waals surface area contributed by atoms with Crippen LogP contribution in [0.1, 0.15) is 5.56 Å². The second kappa shape index (κ2) is 7.15. The lowest BCUT2D eigenvalue weighted by molar-refractivity contribution is -0.137. The molecule has 0 unspecified atom stereocenters. The molecule has 0 spiro atoms. The number of nitrogens with zero attached hydrogens (tertiary/aromatic N) is 5. The predicted octanol–water partition coefficient (Wildman–Crippen LogP) is 4.68. The molecule has 5 nitrogen and oxygen atoms in total. The average molecular weight is 379 g/mol. The van der Waals surface area contributed by atoms with Crippen LogP contribution in [0.2, 0.25) is 0 Å². The molecule has 0 atom stereocenters. The van der Waals surface area contributed by atoms with Crippen molar-refractivity contribution >= 4 is 0 Å². The minimum absolute atomic E-state index is 0.435. The van der Waals surface area contributed by atoms with Crippen molar-refractivity contribution in [3.63, 3.8) is 0 Å². The molecule has 8 heteroatoms. The van der Waals surface area contributed by atoms with E-state index in [2.05, 4.69) is 24.9 Å². The highest BCUT2D eigenvalue weighted by atomic mass is 19.4. The van der Waals surface area contributed by atoms with E-state index < -0.39 is 11.7 Å². The van der Waals surface area contributed by atoms with Gasteiger partial charge in [-0.2, -0.15) is 13.2 Å². The van der Waals surface area contributed by atoms with Crippen molar-refractivity contribution in [2.75, 3.05) is 0 Å². The van der Waals surface area contributed by atoms with Crippen LogP contribution in [0, 0.1) is 0 Å². The van der Waals surface area contributed by atoms with Crippen LogP contribution >= 0.6 is 0 Å². The van der Waals surface area contributed by atoms with Gasteiger partial charge in [0.2, 0.25) is 0 Å². The molecule has 4 rings (SSSR count). The number of pyridine rings is 1. The molecule has 0 aliphatic heterocycles. The molecule has 138 valence electrons. The number of alkyl halides is 3. The van der Waals surface area contributed by atoms with Crippen LogP contribution in [0.15, 0.2) is 73.6 Å². The lowest BCUT2D eigenvalue weighted by Crippen LogP contribution is -2.04. The summed E-state index contributed by atoms with van der Waals surface area (Å²) in [5, 5.41) is 0. The summed E-state index contributed by atoms with van der Waals surface area (Å²) in [6.45, 7) is 0. The maximum atomic E-state index is 12.9. The molecular formula is C20H12F3N5. The fourth-order valence-corrected chi connectivity index (χ4v) is 2.68. The first kappa shape index (κ1) is 17.7. The van der Waals surface area contributed by atoms with Crippen LogP contribution in [0.25, 0.3) is 33.9 Å². The van der Waals surface area contributed by atoms with Gasteiger partial charge < -0.3 is 0 Å². The minimum atomic E-state index is -4.40. The normalized spacial score (nSPS) is 11.4. The number of hydrogen-bond acceptors (Lipinski definition) is 5. The zero-order valence-electron chi connectivity index (χ0n) is 14.3. The summed E-state index contributed by atoms with van der Waals surface area (Å²) in [6.07, 6.45) is 5.05. The molecule has 3 aromatic heterocycles. The molecule has 0 aliphatic rings. The highest BCUT2D eigenvalue weighted by Gasteiger charge is 2.30. The summed E-state index contributed by atoms with van der Waals surface area (Å²) in [6, 6.07) is 8.36. The molecular weight excluding hydrogens is 367 g/mol. The summed E-state index contributed by atoms with van der Waals surface area (Å²) >= 11 is 0. The molecule has 4 aromatic rings. The lowest BCUT2D eigenvalue weighted by atomic mass is 10.0. The predicted molar refractivity (Wildman–Crippen MR) is 96.7 cm³/mol. The van der Waals surface area contributed by atoms with Gasteiger partial charge >= 0.3 is 6.18 Å². The Morgan fingerprint density at radius 1 is 0.679 bits per heavy atom. The SMILES string of the molecule is FC(F)(F)c1ccc(-c2nc(-c3ccncc3)ncc2-c2cnccn2)cc1. The molecule has 0 aliphatic carbocycles. The molecule has 1 aromatic carbocycles. The van der Waals surface area contributed by atoms with Crippen LogP contribution in [-0.4, -0.2) is 24.9 Å². The summed E-state index contributed by atoms with van der Waals surface area (Å²) in [5.41, 5.74) is 2.11. The van der Waals surface area contributed by atoms with Crippen molar-refractivity contribution in [2.24, 2.45) is 0 Å².